The molecule has 2 aromatic heterocycles. The van der Waals surface area contributed by atoms with Gasteiger partial charge in [0.1, 0.15) is 10.7 Å². The Morgan fingerprint density at radius 3 is 2.53 bits per heavy atom. The highest BCUT2D eigenvalue weighted by atomic mass is 32.1. The van der Waals surface area contributed by atoms with Crippen LogP contribution in [0.4, 0.5) is 0 Å². The molecule has 0 bridgehead atoms. The molecule has 0 fully saturated rings. The van der Waals surface area contributed by atoms with Crippen molar-refractivity contribution in [2.24, 2.45) is 0 Å². The summed E-state index contributed by atoms with van der Waals surface area (Å²) in [5.41, 5.74) is 1.85. The van der Waals surface area contributed by atoms with E-state index in [1.54, 1.807) is 18.8 Å². The third-order valence-corrected chi connectivity index (χ3v) is 6.27. The van der Waals surface area contributed by atoms with E-state index >= 15 is 0 Å². The summed E-state index contributed by atoms with van der Waals surface area (Å²) in [6, 6.07) is 5.66. The molecule has 0 saturated heterocycles. The fraction of sp³-hybridized carbons (Fsp3) is 0.409. The van der Waals surface area contributed by atoms with Crippen LogP contribution in [0.2, 0.25) is 0 Å². The lowest BCUT2D eigenvalue weighted by molar-refractivity contribution is -0.140. The van der Waals surface area contributed by atoms with Gasteiger partial charge in [0, 0.05) is 24.3 Å². The number of thiophene rings is 1. The quantitative estimate of drug-likeness (QED) is 0.508. The van der Waals surface area contributed by atoms with Gasteiger partial charge in [-0.25, -0.2) is 4.98 Å². The largest absolute Gasteiger partial charge is 0.493 e. The molecule has 2 heterocycles. The second kappa shape index (κ2) is 9.30. The van der Waals surface area contributed by atoms with Crippen molar-refractivity contribution in [1.82, 2.24) is 9.55 Å². The van der Waals surface area contributed by atoms with Gasteiger partial charge in [0.15, 0.2) is 11.5 Å². The molecule has 7 nitrogen and oxygen atoms in total. The van der Waals surface area contributed by atoms with Crippen molar-refractivity contribution < 1.29 is 19.0 Å². The van der Waals surface area contributed by atoms with Crippen LogP contribution in [-0.4, -0.2) is 36.8 Å². The number of nitrogens with zero attached hydrogens (tertiary/aromatic N) is 2. The number of carbonyl (C=O) groups excluding carboxylic acids is 1. The Kier molecular flexibility index (Phi) is 6.77. The molecular weight excluding hydrogens is 404 g/mol. The van der Waals surface area contributed by atoms with Crippen LogP contribution in [0.5, 0.6) is 11.5 Å². The summed E-state index contributed by atoms with van der Waals surface area (Å²) in [5.74, 6) is 1.63. The molecule has 0 aliphatic carbocycles. The van der Waals surface area contributed by atoms with Gasteiger partial charge in [0.05, 0.1) is 26.7 Å². The van der Waals surface area contributed by atoms with Crippen molar-refractivity contribution >= 4 is 27.5 Å². The number of hydrogen-bond acceptors (Lipinski definition) is 7. The third kappa shape index (κ3) is 4.33. The van der Waals surface area contributed by atoms with Gasteiger partial charge in [-0.3, -0.25) is 14.2 Å². The van der Waals surface area contributed by atoms with E-state index in [1.165, 1.54) is 18.4 Å². The van der Waals surface area contributed by atoms with Crippen molar-refractivity contribution in [2.45, 2.75) is 39.7 Å². The highest BCUT2D eigenvalue weighted by Crippen LogP contribution is 2.30. The lowest BCUT2D eigenvalue weighted by atomic mass is 10.1. The van der Waals surface area contributed by atoms with Gasteiger partial charge in [-0.05, 0) is 43.5 Å². The normalized spacial score (nSPS) is 11.0. The van der Waals surface area contributed by atoms with Crippen LogP contribution in [0.1, 0.15) is 34.7 Å². The minimum atomic E-state index is -0.291. The van der Waals surface area contributed by atoms with E-state index in [9.17, 15) is 9.59 Å². The number of benzene rings is 1. The van der Waals surface area contributed by atoms with Crippen molar-refractivity contribution in [3.63, 3.8) is 0 Å². The first kappa shape index (κ1) is 21.8. The van der Waals surface area contributed by atoms with Gasteiger partial charge in [0.2, 0.25) is 0 Å². The Hall–Kier alpha value is -2.87. The monoisotopic (exact) mass is 430 g/mol. The maximum atomic E-state index is 13.3. The minimum absolute atomic E-state index is 0.0674. The molecule has 0 atom stereocenters. The lowest BCUT2D eigenvalue weighted by Crippen LogP contribution is -2.26. The van der Waals surface area contributed by atoms with Crippen LogP contribution in [-0.2, 0) is 22.5 Å². The molecule has 0 N–H and O–H groups in total. The Balaban J connectivity index is 2.04. The molecule has 1 aromatic carbocycles. The van der Waals surface area contributed by atoms with E-state index < -0.39 is 0 Å². The van der Waals surface area contributed by atoms with Crippen LogP contribution < -0.4 is 15.0 Å². The molecule has 0 aliphatic rings. The first-order valence-electron chi connectivity index (χ1n) is 9.66. The number of rotatable bonds is 8. The summed E-state index contributed by atoms with van der Waals surface area (Å²) in [6.45, 7) is 4.34. The van der Waals surface area contributed by atoms with E-state index in [4.69, 9.17) is 19.2 Å². The summed E-state index contributed by atoms with van der Waals surface area (Å²) in [4.78, 5) is 31.5. The van der Waals surface area contributed by atoms with Crippen LogP contribution in [0.3, 0.4) is 0 Å². The molecule has 3 rings (SSSR count). The van der Waals surface area contributed by atoms with Crippen molar-refractivity contribution in [3.05, 3.63) is 50.4 Å². The number of esters is 1. The first-order valence-corrected chi connectivity index (χ1v) is 10.5. The second-order valence-electron chi connectivity index (χ2n) is 6.99. The standard InChI is InChI=1S/C22H26N2O5S/c1-13-14(2)30-21-20(13)22(26)24(10-6-7-19(25)29-5)18(23-21)12-15-8-9-16(27-3)17(11-15)28-4/h8-9,11H,6-7,10,12H2,1-5H3. The number of carbonyl (C=O) groups is 1. The van der Waals surface area contributed by atoms with E-state index in [0.717, 1.165) is 20.8 Å². The number of ether oxygens (including phenoxy) is 3. The highest BCUT2D eigenvalue weighted by molar-refractivity contribution is 7.18. The summed E-state index contributed by atoms with van der Waals surface area (Å²) in [6.07, 6.45) is 1.21. The molecule has 0 aliphatic heterocycles. The zero-order valence-corrected chi connectivity index (χ0v) is 18.7. The molecule has 0 amide bonds. The van der Waals surface area contributed by atoms with E-state index in [1.807, 2.05) is 32.0 Å². The van der Waals surface area contributed by atoms with Crippen molar-refractivity contribution in [1.29, 1.82) is 0 Å². The van der Waals surface area contributed by atoms with E-state index in [-0.39, 0.29) is 17.9 Å². The molecule has 160 valence electrons. The zero-order valence-electron chi connectivity index (χ0n) is 17.9. The smallest absolute Gasteiger partial charge is 0.305 e. The van der Waals surface area contributed by atoms with E-state index in [2.05, 4.69) is 0 Å². The zero-order chi connectivity index (χ0) is 21.8. The van der Waals surface area contributed by atoms with Gasteiger partial charge in [-0.15, -0.1) is 11.3 Å². The SMILES string of the molecule is COC(=O)CCCn1c(Cc2ccc(OC)c(OC)c2)nc2sc(C)c(C)c2c1=O. The van der Waals surface area contributed by atoms with Gasteiger partial charge in [0.25, 0.3) is 5.56 Å². The fourth-order valence-electron chi connectivity index (χ4n) is 3.39. The summed E-state index contributed by atoms with van der Waals surface area (Å²) in [7, 11) is 4.54. The third-order valence-electron chi connectivity index (χ3n) is 5.17. The topological polar surface area (TPSA) is 79.7 Å². The van der Waals surface area contributed by atoms with Crippen molar-refractivity contribution in [2.75, 3.05) is 21.3 Å². The van der Waals surface area contributed by atoms with Crippen molar-refractivity contribution in [3.8, 4) is 11.5 Å². The van der Waals surface area contributed by atoms with Gasteiger partial charge in [-0.2, -0.15) is 0 Å². The summed E-state index contributed by atoms with van der Waals surface area (Å²) < 4.78 is 17.1. The van der Waals surface area contributed by atoms with Gasteiger partial charge < -0.3 is 14.2 Å². The van der Waals surface area contributed by atoms with Crippen LogP contribution in [0.25, 0.3) is 10.2 Å². The van der Waals surface area contributed by atoms with Crippen LogP contribution >= 0.6 is 11.3 Å². The minimum Gasteiger partial charge on any atom is -0.493 e. The first-order chi connectivity index (χ1) is 14.4. The molecule has 0 radical (unpaired) electrons. The lowest BCUT2D eigenvalue weighted by Gasteiger charge is -2.14. The summed E-state index contributed by atoms with van der Waals surface area (Å²) in [5, 5.41) is 0.659. The molecule has 30 heavy (non-hydrogen) atoms. The molecule has 0 saturated carbocycles. The van der Waals surface area contributed by atoms with Gasteiger partial charge >= 0.3 is 5.97 Å². The molecule has 8 heteroatoms. The molecule has 0 unspecified atom stereocenters. The average Bonchev–Trinajstić information content (AvgIpc) is 3.03. The Morgan fingerprint density at radius 2 is 1.87 bits per heavy atom. The van der Waals surface area contributed by atoms with Crippen LogP contribution in [0.15, 0.2) is 23.0 Å². The summed E-state index contributed by atoms with van der Waals surface area (Å²) >= 11 is 1.53. The Morgan fingerprint density at radius 1 is 1.13 bits per heavy atom. The predicted octanol–water partition coefficient (Wildman–Crippen LogP) is 3.64. The molecular formula is C22H26N2O5S. The Labute approximate surface area is 179 Å². The highest BCUT2D eigenvalue weighted by Gasteiger charge is 2.17. The number of hydrogen-bond donors (Lipinski definition) is 0. The fourth-order valence-corrected chi connectivity index (χ4v) is 4.43. The van der Waals surface area contributed by atoms with Crippen LogP contribution in [0, 0.1) is 13.8 Å². The maximum absolute atomic E-state index is 13.3. The number of fused-ring (bicyclic) bond motifs is 1. The van der Waals surface area contributed by atoms with E-state index in [0.29, 0.717) is 42.1 Å². The molecule has 3 aromatic rings. The number of methoxy groups -OCH3 is 3. The Bertz CT molecular complexity index is 1130. The van der Waals surface area contributed by atoms with Gasteiger partial charge in [-0.1, -0.05) is 6.07 Å². The second-order valence-corrected chi connectivity index (χ2v) is 8.20. The number of aromatic nitrogens is 2. The maximum Gasteiger partial charge on any atom is 0.305 e. The molecule has 0 spiro atoms. The predicted molar refractivity (Wildman–Crippen MR) is 117 cm³/mol. The average molecular weight is 431 g/mol. The number of aryl methyl sites for hydroxylation is 2.